The van der Waals surface area contributed by atoms with E-state index >= 15 is 4.79 Å². The van der Waals surface area contributed by atoms with Gasteiger partial charge in [0, 0.05) is 41.9 Å². The largest absolute Gasteiger partial charge is 0.494 e. The predicted molar refractivity (Wildman–Crippen MR) is 246 cm³/mol. The Hall–Kier alpha value is -5.59. The number of rotatable bonds is 13. The minimum Gasteiger partial charge on any atom is -0.494 e. The molecule has 0 aliphatic carbocycles. The lowest BCUT2D eigenvalue weighted by molar-refractivity contribution is 0.102. The van der Waals surface area contributed by atoms with Crippen molar-refractivity contribution in [3.05, 3.63) is 71.5 Å². The maximum absolute atomic E-state index is 15.2. The summed E-state index contributed by atoms with van der Waals surface area (Å²) in [6, 6.07) is 14.4. The minimum absolute atomic E-state index is 0.0986. The number of carbonyl (C=O) groups excluding carboxylic acids is 1. The molecule has 0 saturated carbocycles. The second-order valence-corrected chi connectivity index (χ2v) is 21.4. The van der Waals surface area contributed by atoms with E-state index in [-0.39, 0.29) is 46.2 Å². The van der Waals surface area contributed by atoms with Crippen molar-refractivity contribution in [2.75, 3.05) is 66.9 Å². The standard InChI is InChI=1S/C44H58N8O8S2/c1-43(2,3)26-22-30(39(58-9)32(24-26)49-61(11,54)55)36-29-14-13-15-34(60-35-16-19-45-42(48-35)46-28-17-20-51(7)21-18-28)37(29)52(8)38(36)41(53)47-31-23-27(44(4,5)6)25-33(40(31)59-10)50-62(12,56)57/h13-16,19,22-25,28,49-50H,17-18,20-21H2,1-12H3,(H,47,53)(H,45,46,48). The molecule has 1 aliphatic rings. The first-order chi connectivity index (χ1) is 28.9. The molecule has 0 unspecified atom stereocenters. The van der Waals surface area contributed by atoms with E-state index in [0.717, 1.165) is 49.6 Å². The molecule has 0 radical (unpaired) electrons. The summed E-state index contributed by atoms with van der Waals surface area (Å²) in [5.74, 6) is 0.777. The van der Waals surface area contributed by atoms with E-state index in [0.29, 0.717) is 33.7 Å². The van der Waals surface area contributed by atoms with Gasteiger partial charge in [0.25, 0.3) is 5.91 Å². The third-order valence-electron chi connectivity index (χ3n) is 10.7. The number of likely N-dealkylation sites (tertiary alicyclic amines) is 1. The molecule has 16 nitrogen and oxygen atoms in total. The maximum atomic E-state index is 15.2. The van der Waals surface area contributed by atoms with Gasteiger partial charge in [-0.25, -0.2) is 21.8 Å². The molecule has 1 aliphatic heterocycles. The number of hydrogen-bond acceptors (Lipinski definition) is 12. The summed E-state index contributed by atoms with van der Waals surface area (Å²) in [5.41, 5.74) is 2.60. The van der Waals surface area contributed by atoms with Crippen LogP contribution < -0.4 is 34.3 Å². The number of benzene rings is 3. The summed E-state index contributed by atoms with van der Waals surface area (Å²) >= 11 is 0. The maximum Gasteiger partial charge on any atom is 0.273 e. The van der Waals surface area contributed by atoms with Gasteiger partial charge in [-0.15, -0.1) is 0 Å². The van der Waals surface area contributed by atoms with Crippen LogP contribution >= 0.6 is 0 Å². The second-order valence-electron chi connectivity index (χ2n) is 17.9. The summed E-state index contributed by atoms with van der Waals surface area (Å²) < 4.78 is 75.8. The number of sulfonamides is 2. The number of aromatic nitrogens is 3. The van der Waals surface area contributed by atoms with E-state index in [4.69, 9.17) is 19.2 Å². The number of piperidine rings is 1. The van der Waals surface area contributed by atoms with Crippen molar-refractivity contribution in [3.8, 4) is 34.3 Å². The van der Waals surface area contributed by atoms with Crippen molar-refractivity contribution >= 4 is 59.9 Å². The highest BCUT2D eigenvalue weighted by Gasteiger charge is 2.31. The lowest BCUT2D eigenvalue weighted by atomic mass is 9.84. The molecule has 3 heterocycles. The van der Waals surface area contributed by atoms with Crippen LogP contribution in [0.5, 0.6) is 23.1 Å². The number of carbonyl (C=O) groups is 1. The van der Waals surface area contributed by atoms with Crippen molar-refractivity contribution in [1.82, 2.24) is 19.4 Å². The molecule has 1 saturated heterocycles. The zero-order valence-electron chi connectivity index (χ0n) is 37.5. The minimum atomic E-state index is -3.79. The van der Waals surface area contributed by atoms with E-state index < -0.39 is 36.8 Å². The Bertz CT molecular complexity index is 2730. The molecule has 1 amide bonds. The van der Waals surface area contributed by atoms with Gasteiger partial charge in [-0.05, 0) is 85.3 Å². The fourth-order valence-corrected chi connectivity index (χ4v) is 8.69. The van der Waals surface area contributed by atoms with Crippen LogP contribution in [0.3, 0.4) is 0 Å². The molecule has 6 rings (SSSR count). The quantitative estimate of drug-likeness (QED) is 0.0909. The van der Waals surface area contributed by atoms with Crippen LogP contribution in [-0.2, 0) is 37.9 Å². The van der Waals surface area contributed by atoms with Gasteiger partial charge in [0.2, 0.25) is 31.9 Å². The molecular weight excluding hydrogens is 833 g/mol. The van der Waals surface area contributed by atoms with Gasteiger partial charge in [0.05, 0.1) is 49.3 Å². The average Bonchev–Trinajstić information content (AvgIpc) is 3.46. The number of para-hydroxylation sites is 1. The Morgan fingerprint density at radius 1 is 0.790 bits per heavy atom. The highest BCUT2D eigenvalue weighted by molar-refractivity contribution is 7.92. The SMILES string of the molecule is COc1c(NC(=O)c2c(-c3cc(C(C)(C)C)cc(NS(C)(=O)=O)c3OC)c3cccc(Oc4ccnc(NC5CCN(C)CC5)n4)c3n2C)cc(C(C)(C)C)cc1NS(C)(=O)=O. The number of fused-ring (bicyclic) bond motifs is 1. The number of nitrogens with zero attached hydrogens (tertiary/aromatic N) is 4. The molecular formula is C44H58N8O8S2. The van der Waals surface area contributed by atoms with Crippen LogP contribution in [0, 0.1) is 0 Å². The molecule has 1 fully saturated rings. The van der Waals surface area contributed by atoms with Gasteiger partial charge in [-0.2, -0.15) is 4.98 Å². The fourth-order valence-electron chi connectivity index (χ4n) is 7.59. The number of anilines is 4. The second kappa shape index (κ2) is 17.3. The smallest absolute Gasteiger partial charge is 0.273 e. The fraction of sp³-hybridized carbons (Fsp3) is 0.432. The van der Waals surface area contributed by atoms with Crippen molar-refractivity contribution in [2.45, 2.75) is 71.3 Å². The molecule has 3 aromatic carbocycles. The Labute approximate surface area is 364 Å². The summed E-state index contributed by atoms with van der Waals surface area (Å²) in [6.07, 6.45) is 5.62. The Morgan fingerprint density at radius 2 is 1.35 bits per heavy atom. The summed E-state index contributed by atoms with van der Waals surface area (Å²) in [4.78, 5) is 26.6. The first-order valence-electron chi connectivity index (χ1n) is 20.2. The van der Waals surface area contributed by atoms with Crippen molar-refractivity contribution in [3.63, 3.8) is 0 Å². The molecule has 0 atom stereocenters. The normalized spacial score (nSPS) is 14.4. The van der Waals surface area contributed by atoms with E-state index in [1.807, 2.05) is 53.7 Å². The van der Waals surface area contributed by atoms with Crippen molar-refractivity contribution in [1.29, 1.82) is 0 Å². The highest BCUT2D eigenvalue weighted by Crippen LogP contribution is 2.48. The predicted octanol–water partition coefficient (Wildman–Crippen LogP) is 7.54. The third-order valence-corrected chi connectivity index (χ3v) is 11.9. The molecule has 62 heavy (non-hydrogen) atoms. The molecule has 2 aromatic heterocycles. The van der Waals surface area contributed by atoms with Gasteiger partial charge in [0.15, 0.2) is 17.2 Å². The molecule has 0 spiro atoms. The van der Waals surface area contributed by atoms with Crippen LogP contribution in [0.4, 0.5) is 23.0 Å². The lowest BCUT2D eigenvalue weighted by Gasteiger charge is -2.29. The van der Waals surface area contributed by atoms with Crippen molar-refractivity contribution < 1.29 is 35.8 Å². The molecule has 0 bridgehead atoms. The summed E-state index contributed by atoms with van der Waals surface area (Å²) in [6.45, 7) is 13.8. The van der Waals surface area contributed by atoms with Gasteiger partial charge in [-0.3, -0.25) is 14.2 Å². The molecule has 18 heteroatoms. The van der Waals surface area contributed by atoms with Crippen LogP contribution in [0.2, 0.25) is 0 Å². The van der Waals surface area contributed by atoms with Crippen molar-refractivity contribution in [2.24, 2.45) is 7.05 Å². The number of methoxy groups -OCH3 is 2. The van der Waals surface area contributed by atoms with Gasteiger partial charge in [0.1, 0.15) is 5.69 Å². The number of amides is 1. The van der Waals surface area contributed by atoms with Crippen LogP contribution in [0.1, 0.15) is 76.0 Å². The summed E-state index contributed by atoms with van der Waals surface area (Å²) in [5, 5.41) is 7.06. The zero-order valence-corrected chi connectivity index (χ0v) is 39.1. The number of ether oxygens (including phenoxy) is 3. The Balaban J connectivity index is 1.59. The number of aryl methyl sites for hydroxylation is 1. The van der Waals surface area contributed by atoms with E-state index in [9.17, 15) is 16.8 Å². The number of hydrogen-bond donors (Lipinski definition) is 4. The first-order valence-corrected chi connectivity index (χ1v) is 23.9. The molecule has 4 N–H and O–H groups in total. The third kappa shape index (κ3) is 10.4. The van der Waals surface area contributed by atoms with Gasteiger partial charge in [-0.1, -0.05) is 53.7 Å². The Kier molecular flexibility index (Phi) is 12.8. The topological polar surface area (TPSA) is 195 Å². The van der Waals surface area contributed by atoms with E-state index in [1.54, 1.807) is 54.2 Å². The Morgan fingerprint density at radius 3 is 1.92 bits per heavy atom. The summed E-state index contributed by atoms with van der Waals surface area (Å²) in [7, 11) is -0.885. The monoisotopic (exact) mass is 890 g/mol. The lowest BCUT2D eigenvalue weighted by Crippen LogP contribution is -2.37. The molecule has 5 aromatic rings. The molecule has 334 valence electrons. The first kappa shape index (κ1) is 45.9. The zero-order chi connectivity index (χ0) is 45.5. The van der Waals surface area contributed by atoms with E-state index in [1.165, 1.54) is 14.2 Å². The number of nitrogens with one attached hydrogen (secondary N) is 4. The highest BCUT2D eigenvalue weighted by atomic mass is 32.2. The van der Waals surface area contributed by atoms with Crippen LogP contribution in [-0.4, -0.2) is 95.1 Å². The van der Waals surface area contributed by atoms with Crippen LogP contribution in [0.25, 0.3) is 22.0 Å². The van der Waals surface area contributed by atoms with E-state index in [2.05, 4.69) is 37.0 Å². The van der Waals surface area contributed by atoms with Gasteiger partial charge >= 0.3 is 0 Å². The van der Waals surface area contributed by atoms with Gasteiger partial charge < -0.3 is 34.3 Å². The average molecular weight is 891 g/mol. The van der Waals surface area contributed by atoms with Crippen LogP contribution in [0.15, 0.2) is 54.7 Å².